The van der Waals surface area contributed by atoms with Crippen LogP contribution in [0.3, 0.4) is 0 Å². The highest BCUT2D eigenvalue weighted by Gasteiger charge is 2.38. The first kappa shape index (κ1) is 9.90. The van der Waals surface area contributed by atoms with Crippen molar-refractivity contribution in [2.75, 3.05) is 6.61 Å². The van der Waals surface area contributed by atoms with Crippen molar-refractivity contribution in [2.45, 2.75) is 44.4 Å². The molecule has 0 spiro atoms. The number of rotatable bonds is 3. The Bertz CT molecular complexity index is 130. The zero-order valence-corrected chi connectivity index (χ0v) is 7.23. The van der Waals surface area contributed by atoms with Gasteiger partial charge in [-0.05, 0) is 12.8 Å². The largest absolute Gasteiger partial charge is 0.396 e. The van der Waals surface area contributed by atoms with Crippen LogP contribution in [0.15, 0.2) is 0 Å². The minimum Gasteiger partial charge on any atom is -0.396 e. The predicted molar refractivity (Wildman–Crippen MR) is 43.2 cm³/mol. The number of halogens is 2. The number of aliphatic hydroxyl groups excluding tert-OH is 1. The highest BCUT2D eigenvalue weighted by molar-refractivity contribution is 4.79. The van der Waals surface area contributed by atoms with Gasteiger partial charge in [0.2, 0.25) is 0 Å². The molecule has 1 aliphatic rings. The van der Waals surface area contributed by atoms with Crippen LogP contribution in [0.1, 0.15) is 38.5 Å². The van der Waals surface area contributed by atoms with Crippen molar-refractivity contribution in [3.63, 3.8) is 0 Å². The maximum Gasteiger partial charge on any atom is 0.253 e. The normalized spacial score (nSPS) is 21.2. The smallest absolute Gasteiger partial charge is 0.253 e. The Balaban J connectivity index is 2.41. The van der Waals surface area contributed by atoms with E-state index in [1.807, 2.05) is 0 Å². The van der Waals surface area contributed by atoms with Gasteiger partial charge in [-0.3, -0.25) is 0 Å². The molecule has 1 fully saturated rings. The van der Waals surface area contributed by atoms with Crippen LogP contribution >= 0.6 is 0 Å². The lowest BCUT2D eigenvalue weighted by molar-refractivity contribution is -0.0857. The molecule has 0 aromatic carbocycles. The zero-order chi connectivity index (χ0) is 9.03. The summed E-state index contributed by atoms with van der Waals surface area (Å²) in [5.74, 6) is -3.10. The Labute approximate surface area is 71.8 Å². The molecule has 12 heavy (non-hydrogen) atoms. The van der Waals surface area contributed by atoms with E-state index < -0.39 is 18.4 Å². The summed E-state index contributed by atoms with van der Waals surface area (Å²) >= 11 is 0. The van der Waals surface area contributed by atoms with Gasteiger partial charge in [-0.15, -0.1) is 0 Å². The summed E-state index contributed by atoms with van der Waals surface area (Å²) < 4.78 is 26.3. The third-order valence-electron chi connectivity index (χ3n) is 2.65. The van der Waals surface area contributed by atoms with Gasteiger partial charge in [0.05, 0.1) is 0 Å². The summed E-state index contributed by atoms with van der Waals surface area (Å²) in [7, 11) is 0. The standard InChI is InChI=1S/C9H16F2O/c10-9(11,6-7-12)8-4-2-1-3-5-8/h8,12H,1-7H2. The Morgan fingerprint density at radius 2 is 1.75 bits per heavy atom. The van der Waals surface area contributed by atoms with Gasteiger partial charge in [-0.25, -0.2) is 8.78 Å². The van der Waals surface area contributed by atoms with E-state index in [4.69, 9.17) is 5.11 Å². The molecule has 72 valence electrons. The van der Waals surface area contributed by atoms with Crippen LogP contribution < -0.4 is 0 Å². The Morgan fingerprint density at radius 1 is 1.17 bits per heavy atom. The molecule has 0 aliphatic heterocycles. The molecule has 0 aromatic rings. The van der Waals surface area contributed by atoms with Crippen LogP contribution in [-0.2, 0) is 0 Å². The minimum absolute atomic E-state index is 0.363. The molecule has 1 N–H and O–H groups in total. The SMILES string of the molecule is OCCC(F)(F)C1CCCCC1. The summed E-state index contributed by atoms with van der Waals surface area (Å²) in [6.07, 6.45) is 3.83. The lowest BCUT2D eigenvalue weighted by Crippen LogP contribution is -2.30. The Kier molecular flexibility index (Phi) is 3.44. The number of alkyl halides is 2. The molecule has 0 unspecified atom stereocenters. The van der Waals surface area contributed by atoms with E-state index in [1.54, 1.807) is 0 Å². The maximum atomic E-state index is 13.1. The van der Waals surface area contributed by atoms with E-state index in [-0.39, 0.29) is 6.42 Å². The van der Waals surface area contributed by atoms with Crippen molar-refractivity contribution >= 4 is 0 Å². The van der Waals surface area contributed by atoms with Crippen molar-refractivity contribution < 1.29 is 13.9 Å². The van der Waals surface area contributed by atoms with Gasteiger partial charge in [-0.1, -0.05) is 19.3 Å². The van der Waals surface area contributed by atoms with Crippen molar-refractivity contribution in [3.8, 4) is 0 Å². The van der Waals surface area contributed by atoms with Crippen molar-refractivity contribution in [3.05, 3.63) is 0 Å². The highest BCUT2D eigenvalue weighted by atomic mass is 19.3. The predicted octanol–water partition coefficient (Wildman–Crippen LogP) is 2.58. The molecule has 3 heteroatoms. The second-order valence-corrected chi connectivity index (χ2v) is 3.57. The van der Waals surface area contributed by atoms with Crippen LogP contribution in [-0.4, -0.2) is 17.6 Å². The van der Waals surface area contributed by atoms with Crippen molar-refractivity contribution in [1.29, 1.82) is 0 Å². The first-order valence-corrected chi connectivity index (χ1v) is 4.65. The molecule has 0 aromatic heterocycles. The first-order chi connectivity index (χ1) is 5.67. The fraction of sp³-hybridized carbons (Fsp3) is 1.00. The van der Waals surface area contributed by atoms with Gasteiger partial charge in [-0.2, -0.15) is 0 Å². The van der Waals surface area contributed by atoms with Crippen LogP contribution in [0.4, 0.5) is 8.78 Å². The average Bonchev–Trinajstić information content (AvgIpc) is 2.06. The molecule has 1 rings (SSSR count). The lowest BCUT2D eigenvalue weighted by Gasteiger charge is -2.29. The second-order valence-electron chi connectivity index (χ2n) is 3.57. The Hall–Kier alpha value is -0.180. The van der Waals surface area contributed by atoms with E-state index in [1.165, 1.54) is 0 Å². The topological polar surface area (TPSA) is 20.2 Å². The van der Waals surface area contributed by atoms with Gasteiger partial charge in [0.25, 0.3) is 5.92 Å². The Morgan fingerprint density at radius 3 is 2.25 bits per heavy atom. The number of hydrogen-bond donors (Lipinski definition) is 1. The minimum atomic E-state index is -2.63. The summed E-state index contributed by atoms with van der Waals surface area (Å²) in [5, 5.41) is 8.45. The fourth-order valence-electron chi connectivity index (χ4n) is 1.88. The van der Waals surface area contributed by atoms with E-state index in [2.05, 4.69) is 0 Å². The van der Waals surface area contributed by atoms with Crippen LogP contribution in [0.2, 0.25) is 0 Å². The van der Waals surface area contributed by atoms with Gasteiger partial charge in [0.15, 0.2) is 0 Å². The molecule has 0 saturated heterocycles. The molecular formula is C9H16F2O. The van der Waals surface area contributed by atoms with E-state index >= 15 is 0 Å². The van der Waals surface area contributed by atoms with E-state index in [0.29, 0.717) is 12.8 Å². The van der Waals surface area contributed by atoms with Gasteiger partial charge in [0.1, 0.15) is 0 Å². The zero-order valence-electron chi connectivity index (χ0n) is 7.23. The molecular weight excluding hydrogens is 162 g/mol. The van der Waals surface area contributed by atoms with Gasteiger partial charge >= 0.3 is 0 Å². The molecule has 0 radical (unpaired) electrons. The number of aliphatic hydroxyl groups is 1. The number of hydrogen-bond acceptors (Lipinski definition) is 1. The fourth-order valence-corrected chi connectivity index (χ4v) is 1.88. The van der Waals surface area contributed by atoms with Gasteiger partial charge in [0, 0.05) is 18.9 Å². The van der Waals surface area contributed by atoms with Crippen LogP contribution in [0.25, 0.3) is 0 Å². The molecule has 1 saturated carbocycles. The third kappa shape index (κ3) is 2.41. The quantitative estimate of drug-likeness (QED) is 0.704. The summed E-state index contributed by atoms with van der Waals surface area (Å²) in [6, 6.07) is 0. The summed E-state index contributed by atoms with van der Waals surface area (Å²) in [4.78, 5) is 0. The summed E-state index contributed by atoms with van der Waals surface area (Å²) in [5.41, 5.74) is 0. The van der Waals surface area contributed by atoms with Crippen LogP contribution in [0, 0.1) is 5.92 Å². The van der Waals surface area contributed by atoms with Crippen molar-refractivity contribution in [2.24, 2.45) is 5.92 Å². The van der Waals surface area contributed by atoms with E-state index in [9.17, 15) is 8.78 Å². The molecule has 1 nitrogen and oxygen atoms in total. The molecule has 0 bridgehead atoms. The summed E-state index contributed by atoms with van der Waals surface area (Å²) in [6.45, 7) is -0.399. The highest BCUT2D eigenvalue weighted by Crippen LogP contribution is 2.38. The maximum absolute atomic E-state index is 13.1. The first-order valence-electron chi connectivity index (χ1n) is 4.65. The second kappa shape index (κ2) is 4.17. The van der Waals surface area contributed by atoms with E-state index in [0.717, 1.165) is 19.3 Å². The molecule has 1 aliphatic carbocycles. The van der Waals surface area contributed by atoms with Crippen LogP contribution in [0.5, 0.6) is 0 Å². The lowest BCUT2D eigenvalue weighted by atomic mass is 9.83. The molecule has 0 heterocycles. The monoisotopic (exact) mass is 178 g/mol. The average molecular weight is 178 g/mol. The van der Waals surface area contributed by atoms with Gasteiger partial charge < -0.3 is 5.11 Å². The third-order valence-corrected chi connectivity index (χ3v) is 2.65. The molecule has 0 atom stereocenters. The van der Waals surface area contributed by atoms with Crippen molar-refractivity contribution in [1.82, 2.24) is 0 Å². The molecule has 0 amide bonds.